The zero-order valence-electron chi connectivity index (χ0n) is 10.1. The zero-order valence-corrected chi connectivity index (χ0v) is 10.9. The topological polar surface area (TPSA) is 43.0 Å². The first-order valence-electron chi connectivity index (χ1n) is 6.29. The predicted molar refractivity (Wildman–Crippen MR) is 69.6 cm³/mol. The maximum atomic E-state index is 5.73. The van der Waals surface area contributed by atoms with Crippen molar-refractivity contribution >= 4 is 11.6 Å². The van der Waals surface area contributed by atoms with Gasteiger partial charge in [0.1, 0.15) is 11.6 Å². The van der Waals surface area contributed by atoms with Crippen molar-refractivity contribution in [3.05, 3.63) is 41.3 Å². The summed E-state index contributed by atoms with van der Waals surface area (Å²) in [4.78, 5) is 4.45. The minimum absolute atomic E-state index is 0.444. The molecule has 0 saturated heterocycles. The smallest absolute Gasteiger partial charge is 0.193 e. The van der Waals surface area contributed by atoms with Gasteiger partial charge in [-0.1, -0.05) is 0 Å². The number of aromatic nitrogens is 2. The van der Waals surface area contributed by atoms with Gasteiger partial charge in [-0.2, -0.15) is 0 Å². The highest BCUT2D eigenvalue weighted by Gasteiger charge is 2.20. The predicted octanol–water partition coefficient (Wildman–Crippen LogP) is 2.80. The van der Waals surface area contributed by atoms with E-state index in [1.807, 2.05) is 12.3 Å². The molecule has 0 fully saturated rings. The van der Waals surface area contributed by atoms with Gasteiger partial charge >= 0.3 is 0 Å². The molecule has 0 unspecified atom stereocenters. The van der Waals surface area contributed by atoms with Crippen molar-refractivity contribution in [1.82, 2.24) is 14.9 Å². The Morgan fingerprint density at radius 2 is 2.44 bits per heavy atom. The molecule has 5 heteroatoms. The molecule has 0 spiro atoms. The number of imidazole rings is 1. The van der Waals surface area contributed by atoms with Crippen LogP contribution in [-0.2, 0) is 13.1 Å². The van der Waals surface area contributed by atoms with Gasteiger partial charge in [0.2, 0.25) is 0 Å². The number of hydrogen-bond acceptors (Lipinski definition) is 3. The first-order chi connectivity index (χ1) is 8.83. The summed E-state index contributed by atoms with van der Waals surface area (Å²) in [7, 11) is 0. The summed E-state index contributed by atoms with van der Waals surface area (Å²) in [5, 5.41) is 3.85. The molecule has 0 bridgehead atoms. The maximum absolute atomic E-state index is 5.73. The van der Waals surface area contributed by atoms with E-state index in [9.17, 15) is 0 Å². The van der Waals surface area contributed by atoms with E-state index in [1.54, 1.807) is 6.07 Å². The molecule has 96 valence electrons. The van der Waals surface area contributed by atoms with E-state index >= 15 is 0 Å². The highest BCUT2D eigenvalue weighted by Crippen LogP contribution is 2.24. The maximum Gasteiger partial charge on any atom is 0.193 e. The van der Waals surface area contributed by atoms with Crippen molar-refractivity contribution in [2.24, 2.45) is 0 Å². The number of aryl methyl sites for hydroxylation is 1. The lowest BCUT2D eigenvalue weighted by molar-refractivity contribution is 0.410. The Balaban J connectivity index is 1.55. The second-order valence-electron chi connectivity index (χ2n) is 4.65. The quantitative estimate of drug-likeness (QED) is 0.924. The molecule has 3 rings (SSSR count). The van der Waals surface area contributed by atoms with Crippen LogP contribution in [0.5, 0.6) is 0 Å². The number of hydrogen-bond donors (Lipinski definition) is 1. The lowest BCUT2D eigenvalue weighted by atomic mass is 9.99. The summed E-state index contributed by atoms with van der Waals surface area (Å²) in [6.45, 7) is 2.74. The summed E-state index contributed by atoms with van der Waals surface area (Å²) in [5.41, 5.74) is 0. The molecule has 0 radical (unpaired) electrons. The Morgan fingerprint density at radius 3 is 3.28 bits per heavy atom. The van der Waals surface area contributed by atoms with Crippen molar-refractivity contribution < 1.29 is 4.42 Å². The molecule has 0 saturated carbocycles. The van der Waals surface area contributed by atoms with E-state index in [0.717, 1.165) is 18.8 Å². The fraction of sp³-hybridized carbons (Fsp3) is 0.462. The minimum Gasteiger partial charge on any atom is -0.448 e. The molecule has 1 aliphatic rings. The Labute approximate surface area is 111 Å². The van der Waals surface area contributed by atoms with E-state index in [2.05, 4.69) is 21.1 Å². The van der Waals surface area contributed by atoms with Crippen LogP contribution in [0.3, 0.4) is 0 Å². The van der Waals surface area contributed by atoms with Crippen LogP contribution in [0.15, 0.2) is 28.9 Å². The van der Waals surface area contributed by atoms with Crippen molar-refractivity contribution in [2.75, 3.05) is 6.54 Å². The van der Waals surface area contributed by atoms with Crippen LogP contribution in [0.1, 0.15) is 30.3 Å². The summed E-state index contributed by atoms with van der Waals surface area (Å²) in [6, 6.07) is 3.67. The van der Waals surface area contributed by atoms with Gasteiger partial charge in [-0.25, -0.2) is 4.98 Å². The van der Waals surface area contributed by atoms with Gasteiger partial charge in [0.25, 0.3) is 0 Å². The first kappa shape index (κ1) is 11.8. The van der Waals surface area contributed by atoms with Crippen LogP contribution in [0.25, 0.3) is 0 Å². The van der Waals surface area contributed by atoms with Gasteiger partial charge in [-0.15, -0.1) is 0 Å². The molecule has 1 aliphatic heterocycles. The molecule has 4 nitrogen and oxygen atoms in total. The van der Waals surface area contributed by atoms with Gasteiger partial charge in [0.15, 0.2) is 5.22 Å². The number of rotatable bonds is 4. The number of nitrogens with one attached hydrogen (secondary N) is 1. The van der Waals surface area contributed by atoms with Crippen molar-refractivity contribution in [3.8, 4) is 0 Å². The highest BCUT2D eigenvalue weighted by molar-refractivity contribution is 6.28. The molecule has 18 heavy (non-hydrogen) atoms. The van der Waals surface area contributed by atoms with Crippen LogP contribution < -0.4 is 5.32 Å². The Morgan fingerprint density at radius 1 is 1.50 bits per heavy atom. The molecular formula is C13H16ClN3O. The van der Waals surface area contributed by atoms with Gasteiger partial charge < -0.3 is 14.3 Å². The molecule has 2 aromatic heterocycles. The summed E-state index contributed by atoms with van der Waals surface area (Å²) in [5.74, 6) is 2.57. The van der Waals surface area contributed by atoms with Crippen molar-refractivity contribution in [2.45, 2.75) is 31.8 Å². The molecule has 2 aromatic rings. The minimum atomic E-state index is 0.444. The largest absolute Gasteiger partial charge is 0.448 e. The summed E-state index contributed by atoms with van der Waals surface area (Å²) in [6.07, 6.45) is 6.37. The lowest BCUT2D eigenvalue weighted by Gasteiger charge is -2.23. The number of halogens is 1. The Hall–Kier alpha value is -1.26. The normalized spacial score (nSPS) is 18.8. The van der Waals surface area contributed by atoms with E-state index < -0.39 is 0 Å². The third-order valence-electron chi connectivity index (χ3n) is 3.38. The standard InChI is InChI=1S/C13H16ClN3O/c14-12-4-3-11(18-12)9-15-8-10-2-1-6-17-7-5-16-13(10)17/h3-5,7,10,15H,1-2,6,8-9H2/t10-/m1/s1. The summed E-state index contributed by atoms with van der Waals surface area (Å²) < 4.78 is 7.56. The van der Waals surface area contributed by atoms with Gasteiger partial charge in [-0.05, 0) is 36.6 Å². The zero-order chi connectivity index (χ0) is 12.4. The number of fused-ring (bicyclic) bond motifs is 1. The van der Waals surface area contributed by atoms with Gasteiger partial charge in [-0.3, -0.25) is 0 Å². The molecule has 3 heterocycles. The van der Waals surface area contributed by atoms with E-state index in [1.165, 1.54) is 18.7 Å². The molecule has 0 aliphatic carbocycles. The lowest BCUT2D eigenvalue weighted by Crippen LogP contribution is -2.26. The van der Waals surface area contributed by atoms with Crippen molar-refractivity contribution in [1.29, 1.82) is 0 Å². The van der Waals surface area contributed by atoms with Crippen LogP contribution in [0, 0.1) is 0 Å². The summed E-state index contributed by atoms with van der Waals surface area (Å²) >= 11 is 5.73. The molecule has 0 aromatic carbocycles. The van der Waals surface area contributed by atoms with Crippen LogP contribution in [0.2, 0.25) is 5.22 Å². The van der Waals surface area contributed by atoms with E-state index in [-0.39, 0.29) is 0 Å². The Bertz CT molecular complexity index is 520. The third kappa shape index (κ3) is 2.44. The first-order valence-corrected chi connectivity index (χ1v) is 6.66. The van der Waals surface area contributed by atoms with E-state index in [4.69, 9.17) is 16.0 Å². The van der Waals surface area contributed by atoms with Crippen LogP contribution in [-0.4, -0.2) is 16.1 Å². The van der Waals surface area contributed by atoms with Crippen LogP contribution in [0.4, 0.5) is 0 Å². The SMILES string of the molecule is Clc1ccc(CNC[C@H]2CCCn3ccnc32)o1. The molecular weight excluding hydrogens is 250 g/mol. The van der Waals surface area contributed by atoms with E-state index in [0.29, 0.717) is 17.7 Å². The molecule has 1 N–H and O–H groups in total. The Kier molecular flexibility index (Phi) is 3.39. The second kappa shape index (κ2) is 5.16. The second-order valence-corrected chi connectivity index (χ2v) is 5.03. The van der Waals surface area contributed by atoms with Gasteiger partial charge in [0.05, 0.1) is 6.54 Å². The highest BCUT2D eigenvalue weighted by atomic mass is 35.5. The number of nitrogens with zero attached hydrogens (tertiary/aromatic N) is 2. The van der Waals surface area contributed by atoms with Gasteiger partial charge in [0, 0.05) is 31.4 Å². The molecule has 1 atom stereocenters. The fourth-order valence-electron chi connectivity index (χ4n) is 2.52. The fourth-order valence-corrected chi connectivity index (χ4v) is 2.68. The monoisotopic (exact) mass is 265 g/mol. The number of furan rings is 1. The van der Waals surface area contributed by atoms with Crippen molar-refractivity contribution in [3.63, 3.8) is 0 Å². The average molecular weight is 266 g/mol. The van der Waals surface area contributed by atoms with Crippen LogP contribution >= 0.6 is 11.6 Å². The molecule has 0 amide bonds. The third-order valence-corrected chi connectivity index (χ3v) is 3.59. The average Bonchev–Trinajstić information content (AvgIpc) is 2.98.